The Labute approximate surface area is 122 Å². The molecule has 1 aliphatic carbocycles. The molecule has 2 fully saturated rings. The monoisotopic (exact) mass is 284 g/mol. The van der Waals surface area contributed by atoms with E-state index in [1.54, 1.807) is 7.11 Å². The third-order valence-corrected chi connectivity index (χ3v) is 5.11. The first-order valence-corrected chi connectivity index (χ1v) is 7.65. The first-order valence-electron chi connectivity index (χ1n) is 7.65. The van der Waals surface area contributed by atoms with E-state index in [0.29, 0.717) is 12.0 Å². The Bertz CT molecular complexity index is 329. The first kappa shape index (κ1) is 15.7. The van der Waals surface area contributed by atoms with E-state index >= 15 is 0 Å². The van der Waals surface area contributed by atoms with Gasteiger partial charge < -0.3 is 19.7 Å². The zero-order chi connectivity index (χ0) is 14.6. The summed E-state index contributed by atoms with van der Waals surface area (Å²) in [5.74, 6) is 0.587. The Hall–Kier alpha value is -0.650. The highest BCUT2D eigenvalue weighted by atomic mass is 16.5. The molecule has 1 saturated carbocycles. The Kier molecular flexibility index (Phi) is 5.41. The van der Waals surface area contributed by atoms with Crippen molar-refractivity contribution in [1.82, 2.24) is 10.2 Å². The molecule has 0 aromatic carbocycles. The second-order valence-electron chi connectivity index (χ2n) is 6.15. The summed E-state index contributed by atoms with van der Waals surface area (Å²) in [4.78, 5) is 14.6. The van der Waals surface area contributed by atoms with Crippen LogP contribution in [-0.2, 0) is 14.3 Å². The van der Waals surface area contributed by atoms with Crippen LogP contribution in [0.4, 0.5) is 0 Å². The number of likely N-dealkylation sites (N-methyl/N-ethyl adjacent to an activating group) is 1. The molecule has 0 radical (unpaired) electrons. The fourth-order valence-electron chi connectivity index (χ4n) is 3.76. The molecule has 1 saturated heterocycles. The van der Waals surface area contributed by atoms with Crippen LogP contribution in [0, 0.1) is 5.92 Å². The summed E-state index contributed by atoms with van der Waals surface area (Å²) in [7, 11) is 5.12. The van der Waals surface area contributed by atoms with Gasteiger partial charge in [0, 0.05) is 19.8 Å². The molecule has 2 rings (SSSR count). The minimum atomic E-state index is -0.469. The number of hydrogen-bond donors (Lipinski definition) is 1. The zero-order valence-corrected chi connectivity index (χ0v) is 13.0. The number of rotatable bonds is 5. The molecule has 5 nitrogen and oxygen atoms in total. The van der Waals surface area contributed by atoms with Gasteiger partial charge in [-0.3, -0.25) is 4.79 Å². The molecular weight excluding hydrogens is 256 g/mol. The highest BCUT2D eigenvalue weighted by Crippen LogP contribution is 2.35. The van der Waals surface area contributed by atoms with Crippen molar-refractivity contribution in [3.8, 4) is 0 Å². The maximum absolute atomic E-state index is 12.0. The molecule has 20 heavy (non-hydrogen) atoms. The number of nitrogens with zero attached hydrogens (tertiary/aromatic N) is 1. The summed E-state index contributed by atoms with van der Waals surface area (Å²) >= 11 is 0. The molecule has 1 heterocycles. The summed E-state index contributed by atoms with van der Waals surface area (Å²) in [6.07, 6.45) is 5.22. The number of carbonyl (C=O) groups excluding carboxylic acids is 1. The zero-order valence-electron chi connectivity index (χ0n) is 13.0. The molecule has 5 heteroatoms. The molecule has 0 aromatic heterocycles. The smallest absolute Gasteiger partial charge is 0.326 e. The number of nitrogens with one attached hydrogen (secondary N) is 1. The molecule has 1 aliphatic heterocycles. The van der Waals surface area contributed by atoms with Gasteiger partial charge in [0.15, 0.2) is 0 Å². The maximum atomic E-state index is 12.0. The van der Waals surface area contributed by atoms with Crippen molar-refractivity contribution in [1.29, 1.82) is 0 Å². The van der Waals surface area contributed by atoms with Crippen molar-refractivity contribution in [2.24, 2.45) is 5.92 Å². The highest BCUT2D eigenvalue weighted by Gasteiger charge is 2.46. The maximum Gasteiger partial charge on any atom is 0.326 e. The molecule has 1 N–H and O–H groups in total. The lowest BCUT2D eigenvalue weighted by Gasteiger charge is -2.36. The lowest BCUT2D eigenvalue weighted by atomic mass is 9.94. The first-order chi connectivity index (χ1) is 9.65. The molecular formula is C15H28N2O3. The lowest BCUT2D eigenvalue weighted by molar-refractivity contribution is -0.148. The van der Waals surface area contributed by atoms with Crippen LogP contribution >= 0.6 is 0 Å². The summed E-state index contributed by atoms with van der Waals surface area (Å²) in [6, 6.07) is 0.505. The number of piperidine rings is 1. The molecule has 0 aromatic rings. The minimum Gasteiger partial charge on any atom is -0.468 e. The largest absolute Gasteiger partial charge is 0.468 e. The third kappa shape index (κ3) is 3.15. The van der Waals surface area contributed by atoms with Crippen molar-refractivity contribution in [2.75, 3.05) is 41.0 Å². The molecule has 2 aliphatic rings. The molecule has 0 amide bonds. The van der Waals surface area contributed by atoms with E-state index in [9.17, 15) is 4.79 Å². The Morgan fingerprint density at radius 3 is 2.55 bits per heavy atom. The van der Waals surface area contributed by atoms with Crippen LogP contribution in [-0.4, -0.2) is 63.4 Å². The number of methoxy groups -OCH3 is 2. The van der Waals surface area contributed by atoms with E-state index in [-0.39, 0.29) is 5.97 Å². The van der Waals surface area contributed by atoms with Gasteiger partial charge in [-0.1, -0.05) is 0 Å². The molecule has 0 spiro atoms. The van der Waals surface area contributed by atoms with E-state index in [1.807, 2.05) is 7.05 Å². The third-order valence-electron chi connectivity index (χ3n) is 5.11. The van der Waals surface area contributed by atoms with Gasteiger partial charge in [0.2, 0.25) is 0 Å². The van der Waals surface area contributed by atoms with E-state index in [1.165, 1.54) is 20.0 Å². The van der Waals surface area contributed by atoms with Gasteiger partial charge in [0.05, 0.1) is 7.11 Å². The number of ether oxygens (including phenoxy) is 2. The van der Waals surface area contributed by atoms with E-state index in [2.05, 4.69) is 10.2 Å². The summed E-state index contributed by atoms with van der Waals surface area (Å²) in [5.41, 5.74) is -0.469. The van der Waals surface area contributed by atoms with Crippen molar-refractivity contribution < 1.29 is 14.3 Å². The van der Waals surface area contributed by atoms with Crippen molar-refractivity contribution in [2.45, 2.75) is 43.7 Å². The highest BCUT2D eigenvalue weighted by molar-refractivity contribution is 5.81. The minimum absolute atomic E-state index is 0.114. The molecule has 2 unspecified atom stereocenters. The van der Waals surface area contributed by atoms with Crippen LogP contribution in [0.25, 0.3) is 0 Å². The van der Waals surface area contributed by atoms with Gasteiger partial charge in [0.1, 0.15) is 5.54 Å². The summed E-state index contributed by atoms with van der Waals surface area (Å²) in [5, 5.41) is 3.21. The van der Waals surface area contributed by atoms with Gasteiger partial charge in [0.25, 0.3) is 0 Å². The van der Waals surface area contributed by atoms with Gasteiger partial charge >= 0.3 is 5.97 Å². The average Bonchev–Trinajstić information content (AvgIpc) is 2.93. The van der Waals surface area contributed by atoms with E-state index in [4.69, 9.17) is 9.47 Å². The van der Waals surface area contributed by atoms with E-state index < -0.39 is 5.54 Å². The van der Waals surface area contributed by atoms with Gasteiger partial charge in [-0.2, -0.15) is 0 Å². The van der Waals surface area contributed by atoms with Crippen molar-refractivity contribution >= 4 is 5.97 Å². The fraction of sp³-hybridized carbons (Fsp3) is 0.933. The van der Waals surface area contributed by atoms with Gasteiger partial charge in [-0.25, -0.2) is 0 Å². The second kappa shape index (κ2) is 6.87. The molecule has 116 valence electrons. The molecule has 0 bridgehead atoms. The SMILES string of the molecule is CNC1(C(=O)OC)CCC(N2CCC(COC)CC2)C1. The Morgan fingerprint density at radius 2 is 2.00 bits per heavy atom. The van der Waals surface area contributed by atoms with Crippen LogP contribution in [0.2, 0.25) is 0 Å². The number of carbonyl (C=O) groups is 1. The topological polar surface area (TPSA) is 50.8 Å². The number of esters is 1. The summed E-state index contributed by atoms with van der Waals surface area (Å²) < 4.78 is 10.2. The predicted molar refractivity (Wildman–Crippen MR) is 77.6 cm³/mol. The lowest BCUT2D eigenvalue weighted by Crippen LogP contribution is -2.51. The van der Waals surface area contributed by atoms with Crippen LogP contribution in [0.1, 0.15) is 32.1 Å². The van der Waals surface area contributed by atoms with E-state index in [0.717, 1.165) is 39.0 Å². The van der Waals surface area contributed by atoms with Gasteiger partial charge in [-0.15, -0.1) is 0 Å². The normalized spacial score (nSPS) is 32.5. The predicted octanol–water partition coefficient (Wildman–Crippen LogP) is 1.03. The van der Waals surface area contributed by atoms with Crippen LogP contribution < -0.4 is 5.32 Å². The van der Waals surface area contributed by atoms with Crippen molar-refractivity contribution in [3.05, 3.63) is 0 Å². The van der Waals surface area contributed by atoms with Crippen LogP contribution in [0.15, 0.2) is 0 Å². The Balaban J connectivity index is 1.88. The van der Waals surface area contributed by atoms with Gasteiger partial charge in [-0.05, 0) is 58.2 Å². The van der Waals surface area contributed by atoms with Crippen LogP contribution in [0.3, 0.4) is 0 Å². The van der Waals surface area contributed by atoms with Crippen molar-refractivity contribution in [3.63, 3.8) is 0 Å². The Morgan fingerprint density at radius 1 is 1.30 bits per heavy atom. The second-order valence-corrected chi connectivity index (χ2v) is 6.15. The van der Waals surface area contributed by atoms with Crippen LogP contribution in [0.5, 0.6) is 0 Å². The fourth-order valence-corrected chi connectivity index (χ4v) is 3.76. The standard InChI is InChI=1S/C15H28N2O3/c1-16-15(14(18)20-3)7-4-13(10-15)17-8-5-12(6-9-17)11-19-2/h12-13,16H,4-11H2,1-3H3. The number of hydrogen-bond acceptors (Lipinski definition) is 5. The number of likely N-dealkylation sites (tertiary alicyclic amines) is 1. The average molecular weight is 284 g/mol. The molecule has 2 atom stereocenters. The summed E-state index contributed by atoms with van der Waals surface area (Å²) in [6.45, 7) is 3.13. The quantitative estimate of drug-likeness (QED) is 0.764.